The standard InChI is InChI=1S/C30H23F6N3O4/c1-16-2-4-17(5-3-16)26(42)38-22-14-19(8-12-24(22)40)28(29(31,32)33,30(34,35)36)20-9-13-25(41)23(15-20)39-27(43)18-6-10-21(37)11-7-18/h2-15,40-41H,37H2,1H3,(H,38,42)(H,39,43). The number of nitrogen functional groups attached to an aromatic ring is 1. The van der Waals surface area contributed by atoms with Gasteiger partial charge < -0.3 is 26.6 Å². The van der Waals surface area contributed by atoms with Crippen molar-refractivity contribution >= 4 is 28.9 Å². The fourth-order valence-electron chi connectivity index (χ4n) is 4.45. The number of hydrogen-bond acceptors (Lipinski definition) is 5. The van der Waals surface area contributed by atoms with Gasteiger partial charge in [0.15, 0.2) is 0 Å². The second kappa shape index (κ2) is 11.2. The lowest BCUT2D eigenvalue weighted by atomic mass is 9.72. The molecule has 2 amide bonds. The number of hydrogen-bond donors (Lipinski definition) is 5. The Morgan fingerprint density at radius 1 is 0.628 bits per heavy atom. The quantitative estimate of drug-likeness (QED) is 0.0932. The van der Waals surface area contributed by atoms with Crippen molar-refractivity contribution in [2.45, 2.75) is 24.7 Å². The maximum absolute atomic E-state index is 14.8. The molecule has 0 aliphatic rings. The number of nitrogens with two attached hydrogens (primary N) is 1. The number of phenols is 2. The SMILES string of the molecule is Cc1ccc(C(=O)Nc2cc(C(c3ccc(O)c(NC(=O)c4ccc(N)cc4)c3)(C(F)(F)F)C(F)(F)F)ccc2O)cc1. The maximum atomic E-state index is 14.8. The fourth-order valence-corrected chi connectivity index (χ4v) is 4.45. The van der Waals surface area contributed by atoms with Gasteiger partial charge in [0.05, 0.1) is 11.4 Å². The molecule has 43 heavy (non-hydrogen) atoms. The zero-order valence-corrected chi connectivity index (χ0v) is 22.1. The number of rotatable bonds is 6. The predicted octanol–water partition coefficient (Wildman–Crippen LogP) is 6.90. The smallest absolute Gasteiger partial charge is 0.411 e. The summed E-state index contributed by atoms with van der Waals surface area (Å²) in [7, 11) is 0. The van der Waals surface area contributed by atoms with Crippen LogP contribution in [0, 0.1) is 6.92 Å². The number of anilines is 3. The van der Waals surface area contributed by atoms with Gasteiger partial charge in [-0.2, -0.15) is 26.3 Å². The molecule has 0 aromatic heterocycles. The highest BCUT2D eigenvalue weighted by Gasteiger charge is 2.72. The van der Waals surface area contributed by atoms with Crippen LogP contribution in [-0.4, -0.2) is 34.4 Å². The van der Waals surface area contributed by atoms with Crippen LogP contribution in [0.5, 0.6) is 11.5 Å². The molecule has 4 aromatic rings. The van der Waals surface area contributed by atoms with Crippen LogP contribution in [-0.2, 0) is 5.41 Å². The number of carbonyl (C=O) groups is 2. The molecule has 0 spiro atoms. The highest BCUT2D eigenvalue weighted by Crippen LogP contribution is 2.57. The molecule has 0 aliphatic heterocycles. The molecule has 0 atom stereocenters. The Hall–Kier alpha value is -5.20. The number of aryl methyl sites for hydroxylation is 1. The van der Waals surface area contributed by atoms with Crippen LogP contribution >= 0.6 is 0 Å². The minimum Gasteiger partial charge on any atom is -0.506 e. The van der Waals surface area contributed by atoms with E-state index in [1.807, 2.05) is 0 Å². The van der Waals surface area contributed by atoms with E-state index in [1.54, 1.807) is 19.1 Å². The number of carbonyl (C=O) groups excluding carboxylic acids is 2. The second-order valence-electron chi connectivity index (χ2n) is 9.61. The van der Waals surface area contributed by atoms with Crippen LogP contribution in [0.15, 0.2) is 84.9 Å². The molecule has 0 bridgehead atoms. The summed E-state index contributed by atoms with van der Waals surface area (Å²) >= 11 is 0. The third-order valence-electron chi connectivity index (χ3n) is 6.69. The van der Waals surface area contributed by atoms with Crippen molar-refractivity contribution < 1.29 is 46.1 Å². The summed E-state index contributed by atoms with van der Waals surface area (Å²) in [5.41, 5.74) is -2.32. The number of halogens is 6. The highest BCUT2D eigenvalue weighted by atomic mass is 19.4. The van der Waals surface area contributed by atoms with Crippen molar-refractivity contribution in [1.29, 1.82) is 0 Å². The van der Waals surface area contributed by atoms with Gasteiger partial charge in [-0.3, -0.25) is 9.59 Å². The molecule has 0 unspecified atom stereocenters. The molecule has 7 nitrogen and oxygen atoms in total. The topological polar surface area (TPSA) is 125 Å². The van der Waals surface area contributed by atoms with Gasteiger partial charge in [-0.05, 0) is 78.7 Å². The van der Waals surface area contributed by atoms with Crippen molar-refractivity contribution in [3.63, 3.8) is 0 Å². The highest BCUT2D eigenvalue weighted by molar-refractivity contribution is 6.06. The number of aromatic hydroxyl groups is 2. The van der Waals surface area contributed by atoms with Crippen molar-refractivity contribution in [3.05, 3.63) is 113 Å². The Morgan fingerprint density at radius 3 is 1.37 bits per heavy atom. The van der Waals surface area contributed by atoms with Crippen molar-refractivity contribution in [2.24, 2.45) is 0 Å². The average molecular weight is 604 g/mol. The second-order valence-corrected chi connectivity index (χ2v) is 9.61. The van der Waals surface area contributed by atoms with Crippen LogP contribution in [0.3, 0.4) is 0 Å². The van der Waals surface area contributed by atoms with Crippen LogP contribution in [0.2, 0.25) is 0 Å². The van der Waals surface area contributed by atoms with Gasteiger partial charge in [0.1, 0.15) is 11.5 Å². The first-order valence-corrected chi connectivity index (χ1v) is 12.4. The van der Waals surface area contributed by atoms with Gasteiger partial charge in [0.25, 0.3) is 11.8 Å². The van der Waals surface area contributed by atoms with Crippen molar-refractivity contribution in [3.8, 4) is 11.5 Å². The molecule has 0 aliphatic carbocycles. The Balaban J connectivity index is 1.85. The zero-order chi connectivity index (χ0) is 31.7. The summed E-state index contributed by atoms with van der Waals surface area (Å²) in [6.45, 7) is 1.74. The average Bonchev–Trinajstić information content (AvgIpc) is 2.91. The molecule has 6 N–H and O–H groups in total. The van der Waals surface area contributed by atoms with Gasteiger partial charge in [-0.25, -0.2) is 0 Å². The molecule has 0 saturated carbocycles. The number of alkyl halides is 6. The Kier molecular flexibility index (Phi) is 8.03. The summed E-state index contributed by atoms with van der Waals surface area (Å²) < 4.78 is 88.8. The van der Waals surface area contributed by atoms with Gasteiger partial charge >= 0.3 is 12.4 Å². The van der Waals surface area contributed by atoms with Crippen LogP contribution in [0.25, 0.3) is 0 Å². The Labute approximate surface area is 240 Å². The van der Waals surface area contributed by atoms with Crippen molar-refractivity contribution in [2.75, 3.05) is 16.4 Å². The predicted molar refractivity (Wildman–Crippen MR) is 147 cm³/mol. The Morgan fingerprint density at radius 2 is 1.00 bits per heavy atom. The van der Waals surface area contributed by atoms with Gasteiger partial charge in [-0.15, -0.1) is 0 Å². The van der Waals surface area contributed by atoms with E-state index in [4.69, 9.17) is 5.73 Å². The van der Waals surface area contributed by atoms with Crippen LogP contribution in [0.4, 0.5) is 43.4 Å². The van der Waals surface area contributed by atoms with Gasteiger partial charge in [-0.1, -0.05) is 29.8 Å². The number of amides is 2. The molecule has 0 radical (unpaired) electrons. The summed E-state index contributed by atoms with van der Waals surface area (Å²) in [5, 5.41) is 24.8. The van der Waals surface area contributed by atoms with E-state index in [0.29, 0.717) is 42.1 Å². The van der Waals surface area contributed by atoms with Gasteiger partial charge in [0, 0.05) is 16.8 Å². The minimum atomic E-state index is -6.05. The lowest BCUT2D eigenvalue weighted by Gasteiger charge is -2.38. The third-order valence-corrected chi connectivity index (χ3v) is 6.69. The maximum Gasteiger partial charge on any atom is 0.411 e. The molecule has 4 aromatic carbocycles. The molecule has 0 heterocycles. The van der Waals surface area contributed by atoms with E-state index >= 15 is 0 Å². The lowest BCUT2D eigenvalue weighted by molar-refractivity contribution is -0.288. The van der Waals surface area contributed by atoms with Crippen LogP contribution in [0.1, 0.15) is 37.4 Å². The van der Waals surface area contributed by atoms with Gasteiger partial charge in [0.2, 0.25) is 5.41 Å². The molecule has 0 fully saturated rings. The normalized spacial score (nSPS) is 12.1. The first kappa shape index (κ1) is 30.8. The largest absolute Gasteiger partial charge is 0.506 e. The van der Waals surface area contributed by atoms with E-state index in [9.17, 15) is 46.1 Å². The van der Waals surface area contributed by atoms with E-state index in [-0.39, 0.29) is 11.1 Å². The molecular formula is C30H23F6N3O4. The molecule has 13 heteroatoms. The minimum absolute atomic E-state index is 0.0355. The number of benzene rings is 4. The van der Waals surface area contributed by atoms with E-state index < -0.39 is 63.6 Å². The van der Waals surface area contributed by atoms with E-state index in [1.165, 1.54) is 36.4 Å². The van der Waals surface area contributed by atoms with E-state index in [0.717, 1.165) is 5.56 Å². The number of phenolic OH excluding ortho intramolecular Hbond substituents is 2. The molecule has 0 saturated heterocycles. The third kappa shape index (κ3) is 5.92. The lowest BCUT2D eigenvalue weighted by Crippen LogP contribution is -2.54. The molecule has 4 rings (SSSR count). The summed E-state index contributed by atoms with van der Waals surface area (Å²) in [6.07, 6.45) is -12.1. The summed E-state index contributed by atoms with van der Waals surface area (Å²) in [5.74, 6) is -3.43. The fraction of sp³-hybridized carbons (Fsp3) is 0.133. The Bertz CT molecular complexity index is 1540. The first-order chi connectivity index (χ1) is 20.0. The zero-order valence-electron chi connectivity index (χ0n) is 22.1. The number of nitrogens with one attached hydrogen (secondary N) is 2. The molecular weight excluding hydrogens is 580 g/mol. The van der Waals surface area contributed by atoms with Crippen LogP contribution < -0.4 is 16.4 Å². The summed E-state index contributed by atoms with van der Waals surface area (Å²) in [4.78, 5) is 25.3. The first-order valence-electron chi connectivity index (χ1n) is 12.4. The monoisotopic (exact) mass is 603 g/mol. The molecule has 224 valence electrons. The van der Waals surface area contributed by atoms with E-state index in [2.05, 4.69) is 10.6 Å². The summed E-state index contributed by atoms with van der Waals surface area (Å²) in [6, 6.07) is 13.9. The van der Waals surface area contributed by atoms with Crippen molar-refractivity contribution in [1.82, 2.24) is 0 Å².